The van der Waals surface area contributed by atoms with Crippen LogP contribution in [-0.2, 0) is 4.74 Å². The van der Waals surface area contributed by atoms with Crippen molar-refractivity contribution in [2.45, 2.75) is 44.4 Å². The predicted octanol–water partition coefficient (Wildman–Crippen LogP) is 2.64. The van der Waals surface area contributed by atoms with Crippen molar-refractivity contribution in [3.63, 3.8) is 0 Å². The fourth-order valence-corrected chi connectivity index (χ4v) is 3.67. The van der Waals surface area contributed by atoms with Gasteiger partial charge in [-0.15, -0.1) is 11.3 Å². The summed E-state index contributed by atoms with van der Waals surface area (Å²) in [5.74, 6) is 0. The lowest BCUT2D eigenvalue weighted by molar-refractivity contribution is 0.0229. The zero-order valence-electron chi connectivity index (χ0n) is 11.3. The minimum absolute atomic E-state index is 0.225. The smallest absolute Gasteiger partial charge is 0.0595 e. The van der Waals surface area contributed by atoms with Gasteiger partial charge >= 0.3 is 0 Å². The Balaban J connectivity index is 2.06. The van der Waals surface area contributed by atoms with Crippen LogP contribution in [0.3, 0.4) is 0 Å². The lowest BCUT2D eigenvalue weighted by Gasteiger charge is -2.39. The maximum absolute atomic E-state index is 6.34. The number of hydrogen-bond donors (Lipinski definition) is 1. The van der Waals surface area contributed by atoms with Crippen LogP contribution in [0.25, 0.3) is 0 Å². The molecule has 1 aromatic rings. The van der Waals surface area contributed by atoms with Crippen LogP contribution in [0.2, 0.25) is 0 Å². The second-order valence-corrected chi connectivity index (χ2v) is 5.98. The van der Waals surface area contributed by atoms with E-state index in [0.717, 1.165) is 32.4 Å². The largest absolute Gasteiger partial charge is 0.381 e. The minimum atomic E-state index is 0.225. The van der Waals surface area contributed by atoms with E-state index in [2.05, 4.69) is 29.3 Å². The van der Waals surface area contributed by atoms with E-state index in [9.17, 15) is 0 Å². The predicted molar refractivity (Wildman–Crippen MR) is 76.9 cm³/mol. The first-order valence-corrected chi connectivity index (χ1v) is 7.70. The number of nitrogens with two attached hydrogens (primary N) is 1. The number of methoxy groups -OCH3 is 1. The standard InChI is InChI=1S/C14H24N2OS/c1-3-12(15)14(13-5-4-10-18-13)16-8-6-11(17-2)7-9-16/h4-5,10-12,14H,3,6-9,15H2,1-2H3. The van der Waals surface area contributed by atoms with Crippen LogP contribution in [0.15, 0.2) is 17.5 Å². The molecule has 0 aromatic carbocycles. The number of piperidine rings is 1. The first-order valence-electron chi connectivity index (χ1n) is 6.82. The van der Waals surface area contributed by atoms with E-state index in [1.165, 1.54) is 4.88 Å². The molecule has 1 aliphatic rings. The molecule has 0 aliphatic carbocycles. The summed E-state index contributed by atoms with van der Waals surface area (Å²) in [5.41, 5.74) is 6.34. The van der Waals surface area contributed by atoms with E-state index in [1.807, 2.05) is 18.4 Å². The molecular formula is C14H24N2OS. The highest BCUT2D eigenvalue weighted by Crippen LogP contribution is 2.31. The number of ether oxygens (including phenoxy) is 1. The molecule has 3 nitrogen and oxygen atoms in total. The third-order valence-corrected chi connectivity index (χ3v) is 4.86. The molecule has 1 fully saturated rings. The number of nitrogens with zero attached hydrogens (tertiary/aromatic N) is 1. The van der Waals surface area contributed by atoms with Crippen molar-refractivity contribution < 1.29 is 4.74 Å². The molecule has 102 valence electrons. The highest BCUT2D eigenvalue weighted by Gasteiger charge is 2.29. The Morgan fingerprint density at radius 2 is 2.22 bits per heavy atom. The molecule has 0 radical (unpaired) electrons. The maximum atomic E-state index is 6.34. The first-order chi connectivity index (χ1) is 8.76. The van der Waals surface area contributed by atoms with Gasteiger partial charge in [0.15, 0.2) is 0 Å². The number of thiophene rings is 1. The average molecular weight is 268 g/mol. The van der Waals surface area contributed by atoms with Gasteiger partial charge in [-0.2, -0.15) is 0 Å². The lowest BCUT2D eigenvalue weighted by Crippen LogP contribution is -2.45. The number of hydrogen-bond acceptors (Lipinski definition) is 4. The van der Waals surface area contributed by atoms with Gasteiger partial charge in [-0.1, -0.05) is 13.0 Å². The maximum Gasteiger partial charge on any atom is 0.0595 e. The second-order valence-electron chi connectivity index (χ2n) is 5.00. The second kappa shape index (κ2) is 6.66. The molecule has 0 bridgehead atoms. The summed E-state index contributed by atoms with van der Waals surface area (Å²) < 4.78 is 5.44. The van der Waals surface area contributed by atoms with Crippen LogP contribution in [0, 0.1) is 0 Å². The van der Waals surface area contributed by atoms with E-state index < -0.39 is 0 Å². The Morgan fingerprint density at radius 3 is 2.72 bits per heavy atom. The van der Waals surface area contributed by atoms with Crippen molar-refractivity contribution in [3.05, 3.63) is 22.4 Å². The fraction of sp³-hybridized carbons (Fsp3) is 0.714. The molecular weight excluding hydrogens is 244 g/mol. The molecule has 2 N–H and O–H groups in total. The van der Waals surface area contributed by atoms with Crippen LogP contribution in [0.4, 0.5) is 0 Å². The summed E-state index contributed by atoms with van der Waals surface area (Å²) in [6, 6.07) is 4.94. The van der Waals surface area contributed by atoms with Gasteiger partial charge in [-0.3, -0.25) is 4.90 Å². The van der Waals surface area contributed by atoms with Gasteiger partial charge in [-0.25, -0.2) is 0 Å². The highest BCUT2D eigenvalue weighted by molar-refractivity contribution is 7.10. The van der Waals surface area contributed by atoms with Gasteiger partial charge in [0, 0.05) is 31.1 Å². The Bertz CT molecular complexity index is 334. The molecule has 4 heteroatoms. The monoisotopic (exact) mass is 268 g/mol. The molecule has 1 aromatic heterocycles. The number of rotatable bonds is 5. The zero-order chi connectivity index (χ0) is 13.0. The molecule has 0 spiro atoms. The molecule has 1 aliphatic heterocycles. The lowest BCUT2D eigenvalue weighted by atomic mass is 9.99. The first kappa shape index (κ1) is 14.0. The van der Waals surface area contributed by atoms with Crippen molar-refractivity contribution in [2.24, 2.45) is 5.73 Å². The van der Waals surface area contributed by atoms with Crippen molar-refractivity contribution in [2.75, 3.05) is 20.2 Å². The SMILES string of the molecule is CCC(N)C(c1cccs1)N1CCC(OC)CC1. The fourth-order valence-electron chi connectivity index (χ4n) is 2.73. The van der Waals surface area contributed by atoms with Gasteiger partial charge in [0.1, 0.15) is 0 Å². The van der Waals surface area contributed by atoms with Crippen LogP contribution >= 0.6 is 11.3 Å². The van der Waals surface area contributed by atoms with E-state index in [4.69, 9.17) is 10.5 Å². The summed E-state index contributed by atoms with van der Waals surface area (Å²) >= 11 is 1.82. The number of likely N-dealkylation sites (tertiary alicyclic amines) is 1. The molecule has 2 atom stereocenters. The molecule has 2 unspecified atom stereocenters. The van der Waals surface area contributed by atoms with Crippen LogP contribution in [0.1, 0.15) is 37.1 Å². The summed E-state index contributed by atoms with van der Waals surface area (Å²) in [6.45, 7) is 4.36. The van der Waals surface area contributed by atoms with Gasteiger partial charge in [0.25, 0.3) is 0 Å². The molecule has 2 heterocycles. The zero-order valence-corrected chi connectivity index (χ0v) is 12.2. The molecule has 0 saturated carbocycles. The van der Waals surface area contributed by atoms with Gasteiger partial charge in [0.2, 0.25) is 0 Å². The highest BCUT2D eigenvalue weighted by atomic mass is 32.1. The van der Waals surface area contributed by atoms with Crippen LogP contribution in [0.5, 0.6) is 0 Å². The Hall–Kier alpha value is -0.420. The van der Waals surface area contributed by atoms with Crippen molar-refractivity contribution in [1.82, 2.24) is 4.90 Å². The average Bonchev–Trinajstić information content (AvgIpc) is 2.93. The quantitative estimate of drug-likeness (QED) is 0.892. The van der Waals surface area contributed by atoms with E-state index >= 15 is 0 Å². The van der Waals surface area contributed by atoms with Crippen molar-refractivity contribution in [1.29, 1.82) is 0 Å². The molecule has 2 rings (SSSR count). The Morgan fingerprint density at radius 1 is 1.50 bits per heavy atom. The summed E-state index contributed by atoms with van der Waals surface area (Å²) in [5, 5.41) is 2.15. The van der Waals surface area contributed by atoms with Crippen LogP contribution < -0.4 is 5.73 Å². The third kappa shape index (κ3) is 3.12. The van der Waals surface area contributed by atoms with E-state index in [0.29, 0.717) is 12.1 Å². The molecule has 0 amide bonds. The summed E-state index contributed by atoms with van der Waals surface area (Å²) in [7, 11) is 1.81. The Kier molecular flexibility index (Phi) is 5.18. The topological polar surface area (TPSA) is 38.5 Å². The molecule has 18 heavy (non-hydrogen) atoms. The summed E-state index contributed by atoms with van der Waals surface area (Å²) in [4.78, 5) is 3.94. The van der Waals surface area contributed by atoms with Gasteiger partial charge < -0.3 is 10.5 Å². The minimum Gasteiger partial charge on any atom is -0.381 e. The molecule has 1 saturated heterocycles. The van der Waals surface area contributed by atoms with Gasteiger partial charge in [-0.05, 0) is 30.7 Å². The van der Waals surface area contributed by atoms with E-state index in [-0.39, 0.29) is 6.04 Å². The van der Waals surface area contributed by atoms with E-state index in [1.54, 1.807) is 0 Å². The summed E-state index contributed by atoms with van der Waals surface area (Å²) in [6.07, 6.45) is 3.69. The normalized spacial score (nSPS) is 21.9. The van der Waals surface area contributed by atoms with Crippen molar-refractivity contribution in [3.8, 4) is 0 Å². The van der Waals surface area contributed by atoms with Crippen LogP contribution in [-0.4, -0.2) is 37.2 Å². The third-order valence-electron chi connectivity index (χ3n) is 3.91. The Labute approximate surface area is 114 Å². The van der Waals surface area contributed by atoms with Crippen molar-refractivity contribution >= 4 is 11.3 Å². The van der Waals surface area contributed by atoms with Gasteiger partial charge in [0.05, 0.1) is 12.1 Å².